The van der Waals surface area contributed by atoms with Crippen molar-refractivity contribution in [2.24, 2.45) is 11.1 Å². The minimum absolute atomic E-state index is 0.0645. The van der Waals surface area contributed by atoms with Crippen LogP contribution in [0.15, 0.2) is 24.5 Å². The van der Waals surface area contributed by atoms with Crippen molar-refractivity contribution >= 4 is 17.0 Å². The van der Waals surface area contributed by atoms with Crippen LogP contribution in [0.4, 0.5) is 5.82 Å². The smallest absolute Gasteiger partial charge is 0.180 e. The maximum Gasteiger partial charge on any atom is 0.180 e. The van der Waals surface area contributed by atoms with Crippen molar-refractivity contribution in [2.45, 2.75) is 20.8 Å². The van der Waals surface area contributed by atoms with E-state index in [4.69, 9.17) is 5.73 Å². The van der Waals surface area contributed by atoms with Crippen molar-refractivity contribution < 1.29 is 0 Å². The van der Waals surface area contributed by atoms with Gasteiger partial charge in [0.1, 0.15) is 11.3 Å². The molecule has 5 heteroatoms. The molecule has 0 bridgehead atoms. The number of hydrogen-bond donors (Lipinski definition) is 1. The number of pyridine rings is 1. The molecule has 0 spiro atoms. The normalized spacial score (nSPS) is 11.8. The number of anilines is 1. The Morgan fingerprint density at radius 1 is 1.21 bits per heavy atom. The van der Waals surface area contributed by atoms with Crippen LogP contribution in [-0.2, 0) is 0 Å². The van der Waals surface area contributed by atoms with Gasteiger partial charge in [-0.2, -0.15) is 0 Å². The van der Waals surface area contributed by atoms with Crippen LogP contribution in [0, 0.1) is 5.41 Å². The van der Waals surface area contributed by atoms with Crippen molar-refractivity contribution in [1.82, 2.24) is 15.0 Å². The van der Waals surface area contributed by atoms with Gasteiger partial charge < -0.3 is 10.6 Å². The lowest BCUT2D eigenvalue weighted by molar-refractivity contribution is 0.379. The highest BCUT2D eigenvalue weighted by atomic mass is 15.2. The minimum Gasteiger partial charge on any atom is -0.356 e. The molecule has 2 aromatic heterocycles. The summed E-state index contributed by atoms with van der Waals surface area (Å²) >= 11 is 0. The van der Waals surface area contributed by atoms with Crippen molar-refractivity contribution in [3.63, 3.8) is 0 Å². The second kappa shape index (κ2) is 5.48. The first-order valence-corrected chi connectivity index (χ1v) is 6.58. The average Bonchev–Trinajstić information content (AvgIpc) is 2.44. The number of nitrogens with two attached hydrogens (primary N) is 1. The topological polar surface area (TPSA) is 67.9 Å². The van der Waals surface area contributed by atoms with E-state index in [0.717, 1.165) is 24.4 Å². The molecule has 19 heavy (non-hydrogen) atoms. The molecule has 0 aromatic carbocycles. The van der Waals surface area contributed by atoms with E-state index in [0.29, 0.717) is 12.2 Å². The molecule has 2 N–H and O–H groups in total. The third-order valence-electron chi connectivity index (χ3n) is 3.19. The van der Waals surface area contributed by atoms with Gasteiger partial charge in [-0.15, -0.1) is 0 Å². The van der Waals surface area contributed by atoms with Gasteiger partial charge in [0.05, 0.1) is 0 Å². The minimum atomic E-state index is 0.0645. The Morgan fingerprint density at radius 2 is 1.95 bits per heavy atom. The van der Waals surface area contributed by atoms with Gasteiger partial charge in [-0.3, -0.25) is 4.98 Å². The largest absolute Gasteiger partial charge is 0.356 e. The van der Waals surface area contributed by atoms with E-state index in [2.05, 4.69) is 40.6 Å². The first-order chi connectivity index (χ1) is 9.05. The second-order valence-corrected chi connectivity index (χ2v) is 5.45. The Balaban J connectivity index is 2.30. The lowest BCUT2D eigenvalue weighted by Gasteiger charge is -2.31. The molecule has 0 saturated heterocycles. The summed E-state index contributed by atoms with van der Waals surface area (Å²) in [7, 11) is 0. The van der Waals surface area contributed by atoms with Gasteiger partial charge in [0.25, 0.3) is 0 Å². The molecule has 0 amide bonds. The van der Waals surface area contributed by atoms with Crippen LogP contribution < -0.4 is 10.6 Å². The van der Waals surface area contributed by atoms with E-state index in [1.54, 1.807) is 12.4 Å². The van der Waals surface area contributed by atoms with Gasteiger partial charge in [-0.1, -0.05) is 13.8 Å². The zero-order chi connectivity index (χ0) is 13.9. The summed E-state index contributed by atoms with van der Waals surface area (Å²) in [6.07, 6.45) is 3.35. The van der Waals surface area contributed by atoms with E-state index in [1.165, 1.54) is 0 Å². The van der Waals surface area contributed by atoms with Crippen molar-refractivity contribution in [3.05, 3.63) is 24.5 Å². The summed E-state index contributed by atoms with van der Waals surface area (Å²) in [6.45, 7) is 8.86. The van der Waals surface area contributed by atoms with E-state index in [9.17, 15) is 0 Å². The third kappa shape index (κ3) is 3.17. The highest BCUT2D eigenvalue weighted by Gasteiger charge is 2.20. The van der Waals surface area contributed by atoms with Crippen molar-refractivity contribution in [3.8, 4) is 0 Å². The zero-order valence-electron chi connectivity index (χ0n) is 11.8. The predicted molar refractivity (Wildman–Crippen MR) is 78.1 cm³/mol. The lowest BCUT2D eigenvalue weighted by atomic mass is 9.93. The highest BCUT2D eigenvalue weighted by molar-refractivity contribution is 5.71. The Morgan fingerprint density at radius 3 is 2.63 bits per heavy atom. The quantitative estimate of drug-likeness (QED) is 0.887. The first-order valence-electron chi connectivity index (χ1n) is 6.58. The number of fused-ring (bicyclic) bond motifs is 1. The highest BCUT2D eigenvalue weighted by Crippen LogP contribution is 2.21. The standard InChI is InChI=1S/C14H21N5/c1-4-19(10-14(2,3)9-15)12-6-5-11-13(18-12)17-8-7-16-11/h5-8H,4,9-10,15H2,1-3H3. The van der Waals surface area contributed by atoms with Crippen molar-refractivity contribution in [2.75, 3.05) is 24.5 Å². The Bertz CT molecular complexity index is 552. The molecule has 0 aliphatic carbocycles. The van der Waals surface area contributed by atoms with Gasteiger partial charge in [0, 0.05) is 25.5 Å². The van der Waals surface area contributed by atoms with Crippen LogP contribution in [0.25, 0.3) is 11.2 Å². The molecular formula is C14H21N5. The molecule has 0 unspecified atom stereocenters. The molecule has 2 aromatic rings. The third-order valence-corrected chi connectivity index (χ3v) is 3.19. The van der Waals surface area contributed by atoms with E-state index in [-0.39, 0.29) is 5.41 Å². The molecule has 0 saturated carbocycles. The van der Waals surface area contributed by atoms with Crippen LogP contribution in [0.5, 0.6) is 0 Å². The molecule has 102 valence electrons. The van der Waals surface area contributed by atoms with Gasteiger partial charge in [0.2, 0.25) is 0 Å². The van der Waals surface area contributed by atoms with Crippen LogP contribution in [0.3, 0.4) is 0 Å². The first kappa shape index (κ1) is 13.7. The van der Waals surface area contributed by atoms with Crippen LogP contribution in [-0.4, -0.2) is 34.6 Å². The summed E-state index contributed by atoms with van der Waals surface area (Å²) in [5.41, 5.74) is 7.38. The van der Waals surface area contributed by atoms with Gasteiger partial charge in [-0.05, 0) is 31.0 Å². The fourth-order valence-electron chi connectivity index (χ4n) is 1.96. The summed E-state index contributed by atoms with van der Waals surface area (Å²) in [5, 5.41) is 0. The van der Waals surface area contributed by atoms with Crippen molar-refractivity contribution in [1.29, 1.82) is 0 Å². The maximum absolute atomic E-state index is 5.81. The molecule has 0 aliphatic rings. The van der Waals surface area contributed by atoms with Crippen LogP contribution >= 0.6 is 0 Å². The van der Waals surface area contributed by atoms with Gasteiger partial charge in [0.15, 0.2) is 5.65 Å². The van der Waals surface area contributed by atoms with E-state index in [1.807, 2.05) is 12.1 Å². The summed E-state index contributed by atoms with van der Waals surface area (Å²) in [5.74, 6) is 0.928. The number of aromatic nitrogens is 3. The van der Waals surface area contributed by atoms with Crippen LogP contribution in [0.1, 0.15) is 20.8 Å². The maximum atomic E-state index is 5.81. The molecule has 5 nitrogen and oxygen atoms in total. The average molecular weight is 259 g/mol. The SMILES string of the molecule is CCN(CC(C)(C)CN)c1ccc2nccnc2n1. The van der Waals surface area contributed by atoms with Crippen LogP contribution in [0.2, 0.25) is 0 Å². The van der Waals surface area contributed by atoms with E-state index >= 15 is 0 Å². The number of nitrogens with zero attached hydrogens (tertiary/aromatic N) is 4. The summed E-state index contributed by atoms with van der Waals surface area (Å²) < 4.78 is 0. The Labute approximate surface area is 113 Å². The molecule has 0 atom stereocenters. The zero-order valence-corrected chi connectivity index (χ0v) is 11.8. The fourth-order valence-corrected chi connectivity index (χ4v) is 1.96. The second-order valence-electron chi connectivity index (χ2n) is 5.45. The molecule has 0 radical (unpaired) electrons. The Kier molecular flexibility index (Phi) is 3.95. The molecule has 0 aliphatic heterocycles. The fraction of sp³-hybridized carbons (Fsp3) is 0.500. The molecular weight excluding hydrogens is 238 g/mol. The number of hydrogen-bond acceptors (Lipinski definition) is 5. The predicted octanol–water partition coefficient (Wildman–Crippen LogP) is 1.84. The summed E-state index contributed by atoms with van der Waals surface area (Å²) in [4.78, 5) is 15.3. The number of rotatable bonds is 5. The van der Waals surface area contributed by atoms with E-state index < -0.39 is 0 Å². The van der Waals surface area contributed by atoms with Gasteiger partial charge in [-0.25, -0.2) is 9.97 Å². The summed E-state index contributed by atoms with van der Waals surface area (Å²) in [6, 6.07) is 3.95. The monoisotopic (exact) mass is 259 g/mol. The lowest BCUT2D eigenvalue weighted by Crippen LogP contribution is -2.39. The Hall–Kier alpha value is -1.75. The van der Waals surface area contributed by atoms with Gasteiger partial charge >= 0.3 is 0 Å². The molecule has 2 heterocycles. The molecule has 0 fully saturated rings. The molecule has 2 rings (SSSR count).